The second-order valence-corrected chi connectivity index (χ2v) is 5.80. The van der Waals surface area contributed by atoms with Crippen molar-refractivity contribution < 1.29 is 19.1 Å². The minimum Gasteiger partial charge on any atom is -0.467 e. The van der Waals surface area contributed by atoms with Crippen LogP contribution in [0.1, 0.15) is 30.6 Å². The number of hydrogen-bond acceptors (Lipinski definition) is 4. The first-order chi connectivity index (χ1) is 12.0. The highest BCUT2D eigenvalue weighted by atomic mass is 16.5. The summed E-state index contributed by atoms with van der Waals surface area (Å²) < 4.78 is 10.5. The monoisotopic (exact) mass is 341 g/mol. The number of ether oxygens (including phenoxy) is 2. The lowest BCUT2D eigenvalue weighted by atomic mass is 9.99. The Balaban J connectivity index is 2.13. The van der Waals surface area contributed by atoms with Crippen LogP contribution in [0.5, 0.6) is 11.5 Å². The number of carbonyl (C=O) groups is 2. The molecule has 25 heavy (non-hydrogen) atoms. The molecule has 2 aromatic carbocycles. The van der Waals surface area contributed by atoms with Gasteiger partial charge in [0, 0.05) is 5.56 Å². The lowest BCUT2D eigenvalue weighted by Crippen LogP contribution is -2.45. The van der Waals surface area contributed by atoms with E-state index < -0.39 is 12.0 Å². The van der Waals surface area contributed by atoms with Gasteiger partial charge >= 0.3 is 5.97 Å². The van der Waals surface area contributed by atoms with Crippen molar-refractivity contribution in [1.82, 2.24) is 5.32 Å². The quantitative estimate of drug-likeness (QED) is 0.778. The molecule has 0 aliphatic heterocycles. The van der Waals surface area contributed by atoms with Crippen molar-refractivity contribution in [2.75, 3.05) is 7.11 Å². The van der Waals surface area contributed by atoms with Gasteiger partial charge in [-0.3, -0.25) is 4.79 Å². The zero-order valence-electron chi connectivity index (χ0n) is 14.7. The van der Waals surface area contributed by atoms with Crippen LogP contribution in [0.4, 0.5) is 0 Å². The van der Waals surface area contributed by atoms with E-state index in [2.05, 4.69) is 5.32 Å². The van der Waals surface area contributed by atoms with Gasteiger partial charge in [0.15, 0.2) is 0 Å². The van der Waals surface area contributed by atoms with Crippen LogP contribution in [0.2, 0.25) is 0 Å². The van der Waals surface area contributed by atoms with Crippen LogP contribution >= 0.6 is 0 Å². The second kappa shape index (κ2) is 8.87. The fourth-order valence-corrected chi connectivity index (χ4v) is 2.35. The summed E-state index contributed by atoms with van der Waals surface area (Å²) in [6.45, 7) is 3.86. The number of nitrogens with one attached hydrogen (secondary N) is 1. The third-order valence-corrected chi connectivity index (χ3v) is 4.03. The molecule has 0 aliphatic carbocycles. The molecule has 0 heterocycles. The molecule has 2 aromatic rings. The van der Waals surface area contributed by atoms with Gasteiger partial charge in [0.1, 0.15) is 17.5 Å². The molecule has 0 bridgehead atoms. The molecule has 5 heteroatoms. The molecule has 1 N–H and O–H groups in total. The summed E-state index contributed by atoms with van der Waals surface area (Å²) in [5, 5.41) is 2.76. The van der Waals surface area contributed by atoms with Crippen molar-refractivity contribution in [2.45, 2.75) is 26.3 Å². The third-order valence-electron chi connectivity index (χ3n) is 4.03. The van der Waals surface area contributed by atoms with Gasteiger partial charge in [-0.2, -0.15) is 0 Å². The Morgan fingerprint density at radius 3 is 2.36 bits per heavy atom. The van der Waals surface area contributed by atoms with Crippen molar-refractivity contribution in [3.8, 4) is 11.5 Å². The normalized spacial score (nSPS) is 12.8. The average molecular weight is 341 g/mol. The Labute approximate surface area is 148 Å². The highest BCUT2D eigenvalue weighted by Gasteiger charge is 2.27. The van der Waals surface area contributed by atoms with Crippen LogP contribution in [0.15, 0.2) is 54.6 Å². The molecule has 2 atom stereocenters. The molecule has 132 valence electrons. The van der Waals surface area contributed by atoms with E-state index >= 15 is 0 Å². The molecule has 0 aromatic heterocycles. The Hall–Kier alpha value is -2.82. The maximum absolute atomic E-state index is 12.5. The van der Waals surface area contributed by atoms with Gasteiger partial charge in [0.25, 0.3) is 5.91 Å². The smallest absolute Gasteiger partial charge is 0.328 e. The van der Waals surface area contributed by atoms with Gasteiger partial charge in [0.05, 0.1) is 7.11 Å². The molecule has 0 aliphatic rings. The zero-order chi connectivity index (χ0) is 18.2. The van der Waals surface area contributed by atoms with Gasteiger partial charge < -0.3 is 14.8 Å². The van der Waals surface area contributed by atoms with E-state index in [0.717, 1.165) is 6.42 Å². The highest BCUT2D eigenvalue weighted by molar-refractivity contribution is 5.97. The Bertz CT molecular complexity index is 715. The van der Waals surface area contributed by atoms with Crippen molar-refractivity contribution in [3.63, 3.8) is 0 Å². The summed E-state index contributed by atoms with van der Waals surface area (Å²) in [4.78, 5) is 24.5. The molecule has 0 saturated carbocycles. The predicted octanol–water partition coefficient (Wildman–Crippen LogP) is 3.80. The average Bonchev–Trinajstić information content (AvgIpc) is 2.65. The van der Waals surface area contributed by atoms with Crippen molar-refractivity contribution in [2.24, 2.45) is 5.92 Å². The molecule has 0 fully saturated rings. The lowest BCUT2D eigenvalue weighted by molar-refractivity contribution is -0.144. The number of amides is 1. The van der Waals surface area contributed by atoms with Gasteiger partial charge in [0.2, 0.25) is 0 Å². The van der Waals surface area contributed by atoms with Gasteiger partial charge in [-0.15, -0.1) is 0 Å². The summed E-state index contributed by atoms with van der Waals surface area (Å²) in [5.74, 6) is 0.429. The largest absolute Gasteiger partial charge is 0.467 e. The van der Waals surface area contributed by atoms with E-state index in [0.29, 0.717) is 17.1 Å². The summed E-state index contributed by atoms with van der Waals surface area (Å²) in [7, 11) is 1.32. The lowest BCUT2D eigenvalue weighted by Gasteiger charge is -2.22. The standard InChI is InChI=1S/C20H23NO4/c1-4-14(2)18(20(23)24-3)21-19(22)15-9-8-12-17(13-15)25-16-10-6-5-7-11-16/h5-14,18H,4H2,1-3H3,(H,21,22)/t14-,18-/m1/s1. The number of para-hydroxylation sites is 1. The number of rotatable bonds is 7. The zero-order valence-corrected chi connectivity index (χ0v) is 14.7. The summed E-state index contributed by atoms with van der Waals surface area (Å²) >= 11 is 0. The molecule has 2 rings (SSSR count). The fraction of sp³-hybridized carbons (Fsp3) is 0.300. The molecule has 5 nitrogen and oxygen atoms in total. The SMILES string of the molecule is CC[C@@H](C)[C@@H](NC(=O)c1cccc(Oc2ccccc2)c1)C(=O)OC. The number of hydrogen-bond donors (Lipinski definition) is 1. The van der Waals surface area contributed by atoms with E-state index in [1.807, 2.05) is 44.2 Å². The molecule has 0 unspecified atom stereocenters. The Kier molecular flexibility index (Phi) is 6.57. The minimum atomic E-state index is -0.679. The minimum absolute atomic E-state index is 0.0276. The van der Waals surface area contributed by atoms with Crippen molar-refractivity contribution in [3.05, 3.63) is 60.2 Å². The summed E-state index contributed by atoms with van der Waals surface area (Å²) in [5.41, 5.74) is 0.422. The Morgan fingerprint density at radius 1 is 1.04 bits per heavy atom. The predicted molar refractivity (Wildman–Crippen MR) is 95.7 cm³/mol. The number of carbonyl (C=O) groups excluding carboxylic acids is 2. The molecule has 0 saturated heterocycles. The van der Waals surface area contributed by atoms with Crippen LogP contribution in [0.3, 0.4) is 0 Å². The molecular weight excluding hydrogens is 318 g/mol. The first-order valence-corrected chi connectivity index (χ1v) is 8.26. The first-order valence-electron chi connectivity index (χ1n) is 8.26. The van der Waals surface area contributed by atoms with Gasteiger partial charge in [-0.05, 0) is 36.2 Å². The van der Waals surface area contributed by atoms with Crippen LogP contribution in [-0.4, -0.2) is 25.0 Å². The number of methoxy groups -OCH3 is 1. The molecule has 0 spiro atoms. The molecule has 1 amide bonds. The maximum atomic E-state index is 12.5. The van der Waals surface area contributed by atoms with Crippen LogP contribution in [0, 0.1) is 5.92 Å². The fourth-order valence-electron chi connectivity index (χ4n) is 2.35. The summed E-state index contributed by atoms with van der Waals surface area (Å²) in [6.07, 6.45) is 0.747. The second-order valence-electron chi connectivity index (χ2n) is 5.80. The number of esters is 1. The topological polar surface area (TPSA) is 64.6 Å². The first kappa shape index (κ1) is 18.5. The van der Waals surface area contributed by atoms with Gasteiger partial charge in [-0.25, -0.2) is 4.79 Å². The number of benzene rings is 2. The van der Waals surface area contributed by atoms with Crippen LogP contribution in [0.25, 0.3) is 0 Å². The third kappa shape index (κ3) is 5.08. The van der Waals surface area contributed by atoms with Crippen molar-refractivity contribution in [1.29, 1.82) is 0 Å². The van der Waals surface area contributed by atoms with E-state index in [-0.39, 0.29) is 11.8 Å². The maximum Gasteiger partial charge on any atom is 0.328 e. The van der Waals surface area contributed by atoms with Crippen molar-refractivity contribution >= 4 is 11.9 Å². The molecule has 0 radical (unpaired) electrons. The molecular formula is C20H23NO4. The highest BCUT2D eigenvalue weighted by Crippen LogP contribution is 2.22. The van der Waals surface area contributed by atoms with E-state index in [1.54, 1.807) is 24.3 Å². The summed E-state index contributed by atoms with van der Waals surface area (Å²) in [6, 6.07) is 15.5. The van der Waals surface area contributed by atoms with E-state index in [1.165, 1.54) is 7.11 Å². The van der Waals surface area contributed by atoms with Crippen LogP contribution in [-0.2, 0) is 9.53 Å². The van der Waals surface area contributed by atoms with Crippen LogP contribution < -0.4 is 10.1 Å². The van der Waals surface area contributed by atoms with E-state index in [4.69, 9.17) is 9.47 Å². The van der Waals surface area contributed by atoms with E-state index in [9.17, 15) is 9.59 Å². The Morgan fingerprint density at radius 2 is 1.72 bits per heavy atom. The van der Waals surface area contributed by atoms with Gasteiger partial charge in [-0.1, -0.05) is 44.5 Å².